The van der Waals surface area contributed by atoms with E-state index in [9.17, 15) is 14.3 Å². The van der Waals surface area contributed by atoms with Gasteiger partial charge in [-0.25, -0.2) is 14.2 Å². The van der Waals surface area contributed by atoms with Crippen molar-refractivity contribution < 1.29 is 23.8 Å². The van der Waals surface area contributed by atoms with Crippen LogP contribution in [-0.4, -0.2) is 59.0 Å². The number of likely N-dealkylation sites (tertiary alicyclic amines) is 1. The van der Waals surface area contributed by atoms with Gasteiger partial charge in [-0.2, -0.15) is 0 Å². The lowest BCUT2D eigenvalue weighted by molar-refractivity contribution is 0.0270. The van der Waals surface area contributed by atoms with Gasteiger partial charge >= 0.3 is 6.09 Å². The Bertz CT molecular complexity index is 591. The highest BCUT2D eigenvalue weighted by Crippen LogP contribution is 2.19. The molecule has 1 saturated heterocycles. The second-order valence-electron chi connectivity index (χ2n) is 6.76. The zero-order valence-corrected chi connectivity index (χ0v) is 14.4. The van der Waals surface area contributed by atoms with Crippen LogP contribution in [0.3, 0.4) is 0 Å². The molecule has 2 heterocycles. The molecule has 0 unspecified atom stereocenters. The van der Waals surface area contributed by atoms with Gasteiger partial charge in [-0.3, -0.25) is 0 Å². The number of pyridine rings is 1. The van der Waals surface area contributed by atoms with Crippen LogP contribution < -0.4 is 10.1 Å². The molecule has 0 bridgehead atoms. The molecule has 8 heteroatoms. The van der Waals surface area contributed by atoms with Crippen LogP contribution in [-0.2, 0) is 11.3 Å². The Labute approximate surface area is 140 Å². The summed E-state index contributed by atoms with van der Waals surface area (Å²) in [5, 5.41) is 13.2. The van der Waals surface area contributed by atoms with Crippen LogP contribution in [0.15, 0.2) is 12.3 Å². The molecule has 7 nitrogen and oxygen atoms in total. The second-order valence-corrected chi connectivity index (χ2v) is 6.76. The highest BCUT2D eigenvalue weighted by molar-refractivity contribution is 5.68. The molecule has 0 saturated carbocycles. The van der Waals surface area contributed by atoms with Gasteiger partial charge in [0.2, 0.25) is 5.88 Å². The number of halogens is 1. The summed E-state index contributed by atoms with van der Waals surface area (Å²) in [4.78, 5) is 17.4. The normalized spacial score (nSPS) is 21.0. The van der Waals surface area contributed by atoms with E-state index in [4.69, 9.17) is 9.47 Å². The van der Waals surface area contributed by atoms with Gasteiger partial charge in [0.15, 0.2) is 0 Å². The molecule has 24 heavy (non-hydrogen) atoms. The summed E-state index contributed by atoms with van der Waals surface area (Å²) < 4.78 is 23.7. The number of aromatic nitrogens is 1. The van der Waals surface area contributed by atoms with E-state index in [0.29, 0.717) is 18.0 Å². The molecular formula is C16H24FN3O4. The molecule has 1 fully saturated rings. The summed E-state index contributed by atoms with van der Waals surface area (Å²) in [7, 11) is 1.46. The summed E-state index contributed by atoms with van der Waals surface area (Å²) in [6.07, 6.45) is -0.113. The van der Waals surface area contributed by atoms with Gasteiger partial charge in [0.1, 0.15) is 11.4 Å². The van der Waals surface area contributed by atoms with E-state index in [2.05, 4.69) is 10.3 Å². The highest BCUT2D eigenvalue weighted by Gasteiger charge is 2.35. The van der Waals surface area contributed by atoms with Crippen LogP contribution >= 0.6 is 0 Å². The molecule has 0 aliphatic carbocycles. The summed E-state index contributed by atoms with van der Waals surface area (Å²) >= 11 is 0. The fourth-order valence-electron chi connectivity index (χ4n) is 2.48. The fraction of sp³-hybridized carbons (Fsp3) is 0.625. The zero-order chi connectivity index (χ0) is 17.9. The van der Waals surface area contributed by atoms with Crippen molar-refractivity contribution in [3.8, 4) is 5.88 Å². The van der Waals surface area contributed by atoms with Crippen LogP contribution in [0.2, 0.25) is 0 Å². The fourth-order valence-corrected chi connectivity index (χ4v) is 2.48. The van der Waals surface area contributed by atoms with Crippen molar-refractivity contribution in [2.24, 2.45) is 0 Å². The largest absolute Gasteiger partial charge is 0.481 e. The first-order chi connectivity index (χ1) is 11.2. The molecule has 2 rings (SSSR count). The van der Waals surface area contributed by atoms with Crippen molar-refractivity contribution in [2.75, 3.05) is 20.2 Å². The van der Waals surface area contributed by atoms with Crippen molar-refractivity contribution >= 4 is 6.09 Å². The lowest BCUT2D eigenvalue weighted by atomic mass is 10.2. The molecule has 2 atom stereocenters. The Morgan fingerprint density at radius 2 is 2.21 bits per heavy atom. The third-order valence-corrected chi connectivity index (χ3v) is 3.58. The van der Waals surface area contributed by atoms with Crippen LogP contribution in [0.25, 0.3) is 0 Å². The predicted molar refractivity (Wildman–Crippen MR) is 85.2 cm³/mol. The minimum absolute atomic E-state index is 0.186. The van der Waals surface area contributed by atoms with Crippen LogP contribution in [0, 0.1) is 5.82 Å². The first-order valence-electron chi connectivity index (χ1n) is 7.77. The van der Waals surface area contributed by atoms with E-state index in [1.54, 1.807) is 20.8 Å². The molecule has 1 amide bonds. The number of hydrogen-bond donors (Lipinski definition) is 2. The van der Waals surface area contributed by atoms with Crippen LogP contribution in [0.5, 0.6) is 5.88 Å². The smallest absolute Gasteiger partial charge is 0.410 e. The standard InChI is InChI=1S/C16H24FN3O4/c1-16(2,3)24-15(22)20-8-12(13(21)9-20)18-6-10-5-11(17)7-19-14(10)23-4/h5,7,12-13,18,21H,6,8-9H2,1-4H3/t12-,13+/m1/s1. The number of carbonyl (C=O) groups excluding carboxylic acids is 1. The topological polar surface area (TPSA) is 83.9 Å². The number of aliphatic hydroxyl groups is 1. The zero-order valence-electron chi connectivity index (χ0n) is 14.4. The number of hydrogen-bond acceptors (Lipinski definition) is 6. The van der Waals surface area contributed by atoms with Crippen LogP contribution in [0.4, 0.5) is 9.18 Å². The lowest BCUT2D eigenvalue weighted by Crippen LogP contribution is -2.39. The number of amides is 1. The van der Waals surface area contributed by atoms with Crippen molar-refractivity contribution in [3.63, 3.8) is 0 Å². The first-order valence-corrected chi connectivity index (χ1v) is 7.77. The van der Waals surface area contributed by atoms with Crippen LogP contribution in [0.1, 0.15) is 26.3 Å². The molecular weight excluding hydrogens is 317 g/mol. The minimum atomic E-state index is -0.731. The summed E-state index contributed by atoms with van der Waals surface area (Å²) in [5.41, 5.74) is -0.0471. The van der Waals surface area contributed by atoms with Crippen molar-refractivity contribution in [2.45, 2.75) is 45.1 Å². The SMILES string of the molecule is COc1ncc(F)cc1CN[C@@H]1CN(C(=O)OC(C)(C)C)C[C@@H]1O. The Morgan fingerprint density at radius 3 is 2.83 bits per heavy atom. The summed E-state index contributed by atoms with van der Waals surface area (Å²) in [5.74, 6) is -0.143. The maximum absolute atomic E-state index is 13.3. The number of nitrogens with one attached hydrogen (secondary N) is 1. The maximum Gasteiger partial charge on any atom is 0.410 e. The van der Waals surface area contributed by atoms with Gasteiger partial charge < -0.3 is 24.8 Å². The lowest BCUT2D eigenvalue weighted by Gasteiger charge is -2.24. The predicted octanol–water partition coefficient (Wildman–Crippen LogP) is 1.30. The van der Waals surface area contributed by atoms with Gasteiger partial charge in [-0.1, -0.05) is 0 Å². The number of ether oxygens (including phenoxy) is 2. The Kier molecular flexibility index (Phi) is 5.61. The third-order valence-electron chi connectivity index (χ3n) is 3.58. The van der Waals surface area contributed by atoms with E-state index >= 15 is 0 Å². The molecule has 2 N–H and O–H groups in total. The number of aliphatic hydroxyl groups excluding tert-OH is 1. The Hall–Kier alpha value is -1.93. The molecule has 1 aromatic heterocycles. The van der Waals surface area contributed by atoms with Gasteiger partial charge in [0.05, 0.1) is 32.0 Å². The van der Waals surface area contributed by atoms with Gasteiger partial charge in [-0.05, 0) is 26.8 Å². The maximum atomic E-state index is 13.3. The molecule has 0 spiro atoms. The molecule has 1 aliphatic rings. The number of β-amino-alcohol motifs (C(OH)–C–C–N with tert-alkyl or cyclic N) is 1. The average Bonchev–Trinajstić information content (AvgIpc) is 2.85. The molecule has 0 radical (unpaired) electrons. The number of methoxy groups -OCH3 is 1. The van der Waals surface area contributed by atoms with E-state index in [0.717, 1.165) is 6.20 Å². The Balaban J connectivity index is 1.94. The van der Waals surface area contributed by atoms with Gasteiger partial charge in [-0.15, -0.1) is 0 Å². The van der Waals surface area contributed by atoms with Gasteiger partial charge in [0, 0.05) is 18.7 Å². The monoisotopic (exact) mass is 341 g/mol. The molecule has 134 valence electrons. The van der Waals surface area contributed by atoms with Crippen molar-refractivity contribution in [3.05, 3.63) is 23.6 Å². The molecule has 1 aromatic rings. The van der Waals surface area contributed by atoms with Gasteiger partial charge in [0.25, 0.3) is 0 Å². The summed E-state index contributed by atoms with van der Waals surface area (Å²) in [6.45, 7) is 6.12. The second kappa shape index (κ2) is 7.31. The highest BCUT2D eigenvalue weighted by atomic mass is 19.1. The average molecular weight is 341 g/mol. The van der Waals surface area contributed by atoms with Crippen molar-refractivity contribution in [1.29, 1.82) is 0 Å². The van der Waals surface area contributed by atoms with E-state index < -0.39 is 23.6 Å². The Morgan fingerprint density at radius 1 is 1.50 bits per heavy atom. The number of rotatable bonds is 4. The van der Waals surface area contributed by atoms with E-state index in [1.165, 1.54) is 18.1 Å². The molecule has 0 aromatic carbocycles. The number of nitrogens with zero attached hydrogens (tertiary/aromatic N) is 2. The summed E-state index contributed by atoms with van der Waals surface area (Å²) in [6, 6.07) is 0.983. The minimum Gasteiger partial charge on any atom is -0.481 e. The van der Waals surface area contributed by atoms with Crippen molar-refractivity contribution in [1.82, 2.24) is 15.2 Å². The first kappa shape index (κ1) is 18.4. The molecule has 1 aliphatic heterocycles. The number of carbonyl (C=O) groups is 1. The van der Waals surface area contributed by atoms with E-state index in [-0.39, 0.29) is 19.1 Å². The van der Waals surface area contributed by atoms with E-state index in [1.807, 2.05) is 0 Å². The third kappa shape index (κ3) is 4.78. The quantitative estimate of drug-likeness (QED) is 0.859.